The number of nitrogens with zero attached hydrogens (tertiary/aromatic N) is 1. The van der Waals surface area contributed by atoms with Crippen molar-refractivity contribution < 1.29 is 19.1 Å². The van der Waals surface area contributed by atoms with E-state index in [4.69, 9.17) is 21.5 Å². The van der Waals surface area contributed by atoms with Crippen molar-refractivity contribution in [3.05, 3.63) is 40.7 Å². The van der Waals surface area contributed by atoms with Crippen LogP contribution in [0.4, 0.5) is 10.1 Å². The van der Waals surface area contributed by atoms with Gasteiger partial charge in [-0.2, -0.15) is 0 Å². The van der Waals surface area contributed by atoms with Crippen LogP contribution >= 0.6 is 11.6 Å². The molecular formula is C16H22ClFN2O3. The minimum atomic E-state index is -0.450. The van der Waals surface area contributed by atoms with Crippen molar-refractivity contribution in [2.45, 2.75) is 26.7 Å². The number of unbranched alkanes of at least 4 members (excludes halogenated alkanes) is 1. The van der Waals surface area contributed by atoms with Crippen LogP contribution in [0.25, 0.3) is 0 Å². The molecular weight excluding hydrogens is 323 g/mol. The highest BCUT2D eigenvalue weighted by Gasteiger charge is 2.06. The van der Waals surface area contributed by atoms with Gasteiger partial charge in [-0.1, -0.05) is 36.2 Å². The lowest BCUT2D eigenvalue weighted by Gasteiger charge is -2.00. The van der Waals surface area contributed by atoms with Gasteiger partial charge in [0.15, 0.2) is 0 Å². The zero-order chi connectivity index (χ0) is 17.7. The first-order chi connectivity index (χ1) is 11.0. The molecule has 0 saturated carbocycles. The van der Waals surface area contributed by atoms with E-state index in [1.807, 2.05) is 6.92 Å². The molecule has 0 aliphatic carbocycles. The predicted molar refractivity (Wildman–Crippen MR) is 90.9 cm³/mol. The number of carbonyl (C=O) groups is 1. The van der Waals surface area contributed by atoms with Crippen LogP contribution in [0.15, 0.2) is 35.0 Å². The van der Waals surface area contributed by atoms with Gasteiger partial charge in [-0.05, 0) is 31.5 Å². The second kappa shape index (κ2) is 12.5. The largest absolute Gasteiger partial charge is 0.462 e. The van der Waals surface area contributed by atoms with E-state index in [0.29, 0.717) is 17.2 Å². The molecule has 0 heterocycles. The minimum Gasteiger partial charge on any atom is -0.462 e. The first-order valence-corrected chi connectivity index (χ1v) is 7.55. The highest BCUT2D eigenvalue weighted by molar-refractivity contribution is 6.33. The Balaban J connectivity index is 0.000000433. The van der Waals surface area contributed by atoms with E-state index in [9.17, 15) is 9.18 Å². The van der Waals surface area contributed by atoms with Crippen molar-refractivity contribution in [2.24, 2.45) is 5.16 Å². The second-order valence-electron chi connectivity index (χ2n) is 4.29. The monoisotopic (exact) mass is 344 g/mol. The molecule has 0 fully saturated rings. The van der Waals surface area contributed by atoms with Crippen LogP contribution in [0.5, 0.6) is 0 Å². The summed E-state index contributed by atoms with van der Waals surface area (Å²) in [6.45, 7) is 4.04. The van der Waals surface area contributed by atoms with E-state index in [0.717, 1.165) is 24.7 Å². The third-order valence-corrected chi connectivity index (χ3v) is 2.87. The number of oxime groups is 1. The van der Waals surface area contributed by atoms with Gasteiger partial charge in [-0.15, -0.1) is 0 Å². The number of hydrogen-bond acceptors (Lipinski definition) is 5. The van der Waals surface area contributed by atoms with Gasteiger partial charge in [-0.3, -0.25) is 0 Å². The lowest BCUT2D eigenvalue weighted by molar-refractivity contribution is -0.137. The SMILES string of the molecule is CCC/C=C(/C=N/O)C(=O)OCC.CNc1ccc(F)cc1Cl. The summed E-state index contributed by atoms with van der Waals surface area (Å²) in [7, 11) is 1.74. The maximum absolute atomic E-state index is 12.4. The average molecular weight is 345 g/mol. The molecule has 0 spiro atoms. The Morgan fingerprint density at radius 3 is 2.65 bits per heavy atom. The molecule has 1 aromatic carbocycles. The molecule has 23 heavy (non-hydrogen) atoms. The highest BCUT2D eigenvalue weighted by atomic mass is 35.5. The number of benzene rings is 1. The van der Waals surface area contributed by atoms with E-state index < -0.39 is 5.97 Å². The van der Waals surface area contributed by atoms with Gasteiger partial charge in [0.1, 0.15) is 5.82 Å². The number of anilines is 1. The summed E-state index contributed by atoms with van der Waals surface area (Å²) in [4.78, 5) is 11.1. The summed E-state index contributed by atoms with van der Waals surface area (Å²) in [5, 5.41) is 14.3. The third kappa shape index (κ3) is 8.83. The van der Waals surface area contributed by atoms with Crippen LogP contribution in [0.1, 0.15) is 26.7 Å². The van der Waals surface area contributed by atoms with Gasteiger partial charge in [0.2, 0.25) is 0 Å². The molecule has 7 heteroatoms. The zero-order valence-corrected chi connectivity index (χ0v) is 14.2. The standard InChI is InChI=1S/C9H15NO3.C7H7ClFN/c1-3-5-6-8(7-10-12)9(11)13-4-2;1-10-7-3-2-5(9)4-6(7)8/h6-7,12H,3-5H2,1-2H3;2-4,10H,1H3/b8-6-,10-7+;. The molecule has 1 aromatic rings. The number of hydrogen-bond donors (Lipinski definition) is 2. The van der Waals surface area contributed by atoms with Crippen molar-refractivity contribution in [1.82, 2.24) is 0 Å². The molecule has 0 unspecified atom stereocenters. The summed E-state index contributed by atoms with van der Waals surface area (Å²) < 4.78 is 17.1. The van der Waals surface area contributed by atoms with Crippen molar-refractivity contribution in [2.75, 3.05) is 19.0 Å². The van der Waals surface area contributed by atoms with Crippen molar-refractivity contribution in [1.29, 1.82) is 0 Å². The fourth-order valence-corrected chi connectivity index (χ4v) is 1.72. The molecule has 0 amide bonds. The van der Waals surface area contributed by atoms with Gasteiger partial charge < -0.3 is 15.3 Å². The Hall–Kier alpha value is -2.08. The molecule has 2 N–H and O–H groups in total. The smallest absolute Gasteiger partial charge is 0.339 e. The summed E-state index contributed by atoms with van der Waals surface area (Å²) in [6, 6.07) is 4.22. The van der Waals surface area contributed by atoms with Crippen LogP contribution in [-0.4, -0.2) is 31.0 Å². The molecule has 0 atom stereocenters. The van der Waals surface area contributed by atoms with Crippen molar-refractivity contribution in [3.63, 3.8) is 0 Å². The lowest BCUT2D eigenvalue weighted by atomic mass is 10.2. The Morgan fingerprint density at radius 2 is 2.17 bits per heavy atom. The zero-order valence-electron chi connectivity index (χ0n) is 13.5. The minimum absolute atomic E-state index is 0.297. The second-order valence-corrected chi connectivity index (χ2v) is 4.69. The predicted octanol–water partition coefficient (Wildman–Crippen LogP) is 4.26. The van der Waals surface area contributed by atoms with Gasteiger partial charge in [0.05, 0.1) is 29.1 Å². The van der Waals surface area contributed by atoms with E-state index in [1.54, 1.807) is 26.1 Å². The number of rotatable bonds is 6. The molecule has 0 bridgehead atoms. The topological polar surface area (TPSA) is 70.9 Å². The molecule has 5 nitrogen and oxygen atoms in total. The van der Waals surface area contributed by atoms with Gasteiger partial charge >= 0.3 is 5.97 Å². The first kappa shape index (κ1) is 20.9. The van der Waals surface area contributed by atoms with Crippen LogP contribution in [0.3, 0.4) is 0 Å². The Morgan fingerprint density at radius 1 is 1.48 bits per heavy atom. The maximum Gasteiger partial charge on any atom is 0.339 e. The number of ether oxygens (including phenoxy) is 1. The third-order valence-electron chi connectivity index (χ3n) is 2.56. The first-order valence-electron chi connectivity index (χ1n) is 7.17. The average Bonchev–Trinajstić information content (AvgIpc) is 2.52. The van der Waals surface area contributed by atoms with Crippen LogP contribution in [0, 0.1) is 5.82 Å². The van der Waals surface area contributed by atoms with Crippen LogP contribution in [-0.2, 0) is 9.53 Å². The van der Waals surface area contributed by atoms with Crippen LogP contribution in [0.2, 0.25) is 5.02 Å². The fourth-order valence-electron chi connectivity index (χ4n) is 1.46. The molecule has 1 rings (SSSR count). The molecule has 0 aromatic heterocycles. The van der Waals surface area contributed by atoms with E-state index in [2.05, 4.69) is 10.5 Å². The van der Waals surface area contributed by atoms with E-state index in [-0.39, 0.29) is 5.82 Å². The van der Waals surface area contributed by atoms with Crippen molar-refractivity contribution in [3.8, 4) is 0 Å². The van der Waals surface area contributed by atoms with Gasteiger partial charge in [0, 0.05) is 7.05 Å². The molecule has 0 saturated heterocycles. The Labute approximate surface area is 140 Å². The number of nitrogens with one attached hydrogen (secondary N) is 1. The number of halogens is 2. The summed E-state index contributed by atoms with van der Waals surface area (Å²) in [6.07, 6.45) is 4.48. The Bertz CT molecular complexity index is 548. The van der Waals surface area contributed by atoms with Gasteiger partial charge in [-0.25, -0.2) is 9.18 Å². The summed E-state index contributed by atoms with van der Waals surface area (Å²) >= 11 is 5.63. The van der Waals surface area contributed by atoms with E-state index in [1.165, 1.54) is 12.1 Å². The number of esters is 1. The Kier molecular flexibility index (Phi) is 11.3. The van der Waals surface area contributed by atoms with E-state index >= 15 is 0 Å². The molecule has 128 valence electrons. The summed E-state index contributed by atoms with van der Waals surface area (Å²) in [5.74, 6) is -0.766. The van der Waals surface area contributed by atoms with Gasteiger partial charge in [0.25, 0.3) is 0 Å². The highest BCUT2D eigenvalue weighted by Crippen LogP contribution is 2.21. The van der Waals surface area contributed by atoms with Crippen molar-refractivity contribution >= 4 is 29.5 Å². The molecule has 0 aliphatic heterocycles. The maximum atomic E-state index is 12.4. The number of allylic oxidation sites excluding steroid dienone is 1. The summed E-state index contributed by atoms with van der Waals surface area (Å²) in [5.41, 5.74) is 1.04. The number of carbonyl (C=O) groups excluding carboxylic acids is 1. The lowest BCUT2D eigenvalue weighted by Crippen LogP contribution is -2.08. The van der Waals surface area contributed by atoms with Crippen LogP contribution < -0.4 is 5.32 Å². The molecule has 0 radical (unpaired) electrons. The quantitative estimate of drug-likeness (QED) is 0.266. The molecule has 0 aliphatic rings. The fraction of sp³-hybridized carbons (Fsp3) is 0.375. The normalized spacial score (nSPS) is 10.9.